The smallest absolute Gasteiger partial charge is 0.0700 e. The van der Waals surface area contributed by atoms with Crippen LogP contribution in [0.1, 0.15) is 47.5 Å². The Hall–Kier alpha value is -0.0800. The van der Waals surface area contributed by atoms with Crippen LogP contribution in [0.15, 0.2) is 0 Å². The van der Waals surface area contributed by atoms with Gasteiger partial charge in [-0.15, -0.1) is 0 Å². The average Bonchev–Trinajstić information content (AvgIpc) is 2.09. The van der Waals surface area contributed by atoms with E-state index in [1.165, 1.54) is 6.42 Å². The SMILES string of the molecule is CCN(C(C)C)C1C(C)CC(C)CC1O. The minimum Gasteiger partial charge on any atom is -0.391 e. The maximum Gasteiger partial charge on any atom is 0.0700 e. The van der Waals surface area contributed by atoms with Gasteiger partial charge in [0.05, 0.1) is 6.10 Å². The van der Waals surface area contributed by atoms with E-state index < -0.39 is 0 Å². The minimum absolute atomic E-state index is 0.133. The highest BCUT2D eigenvalue weighted by Crippen LogP contribution is 2.33. The van der Waals surface area contributed by atoms with Crippen LogP contribution in [0.5, 0.6) is 0 Å². The maximum absolute atomic E-state index is 10.2. The zero-order chi connectivity index (χ0) is 11.6. The number of rotatable bonds is 3. The summed E-state index contributed by atoms with van der Waals surface area (Å²) in [6.45, 7) is 12.2. The number of aliphatic hydroxyl groups is 1. The molecule has 2 nitrogen and oxygen atoms in total. The highest BCUT2D eigenvalue weighted by molar-refractivity contribution is 4.90. The Kier molecular flexibility index (Phi) is 4.60. The standard InChI is InChI=1S/C13H27NO/c1-6-14(9(2)3)13-11(5)7-10(4)8-12(13)15/h9-13,15H,6-8H2,1-5H3. The zero-order valence-electron chi connectivity index (χ0n) is 10.9. The Balaban J connectivity index is 2.73. The fraction of sp³-hybridized carbons (Fsp3) is 1.00. The van der Waals surface area contributed by atoms with Crippen LogP contribution in [0.4, 0.5) is 0 Å². The second kappa shape index (κ2) is 5.31. The molecule has 0 aromatic carbocycles. The molecule has 0 aromatic heterocycles. The number of likely N-dealkylation sites (N-methyl/N-ethyl adjacent to an activating group) is 1. The van der Waals surface area contributed by atoms with Gasteiger partial charge in [-0.3, -0.25) is 4.90 Å². The summed E-state index contributed by atoms with van der Waals surface area (Å²) in [5, 5.41) is 10.2. The summed E-state index contributed by atoms with van der Waals surface area (Å²) in [5.74, 6) is 1.29. The van der Waals surface area contributed by atoms with Crippen molar-refractivity contribution in [3.05, 3.63) is 0 Å². The summed E-state index contributed by atoms with van der Waals surface area (Å²) in [5.41, 5.74) is 0. The summed E-state index contributed by atoms with van der Waals surface area (Å²) < 4.78 is 0. The largest absolute Gasteiger partial charge is 0.391 e. The van der Waals surface area contributed by atoms with Crippen molar-refractivity contribution < 1.29 is 5.11 Å². The van der Waals surface area contributed by atoms with Crippen molar-refractivity contribution in [1.82, 2.24) is 4.90 Å². The van der Waals surface area contributed by atoms with Crippen LogP contribution in [0.3, 0.4) is 0 Å². The van der Waals surface area contributed by atoms with Gasteiger partial charge in [-0.25, -0.2) is 0 Å². The lowest BCUT2D eigenvalue weighted by atomic mass is 9.77. The molecule has 2 heteroatoms. The second-order valence-corrected chi connectivity index (χ2v) is 5.54. The van der Waals surface area contributed by atoms with E-state index in [1.54, 1.807) is 0 Å². The van der Waals surface area contributed by atoms with Crippen LogP contribution in [-0.2, 0) is 0 Å². The molecule has 0 amide bonds. The second-order valence-electron chi connectivity index (χ2n) is 5.54. The van der Waals surface area contributed by atoms with Crippen LogP contribution < -0.4 is 0 Å². The quantitative estimate of drug-likeness (QED) is 0.778. The Morgan fingerprint density at radius 3 is 2.27 bits per heavy atom. The van der Waals surface area contributed by atoms with Gasteiger partial charge in [0, 0.05) is 12.1 Å². The van der Waals surface area contributed by atoms with E-state index in [-0.39, 0.29) is 6.10 Å². The molecule has 0 heterocycles. The zero-order valence-corrected chi connectivity index (χ0v) is 10.9. The van der Waals surface area contributed by atoms with Crippen LogP contribution in [-0.4, -0.2) is 34.7 Å². The molecule has 1 fully saturated rings. The predicted molar refractivity (Wildman–Crippen MR) is 64.9 cm³/mol. The van der Waals surface area contributed by atoms with Gasteiger partial charge < -0.3 is 5.11 Å². The molecular weight excluding hydrogens is 186 g/mol. The fourth-order valence-corrected chi connectivity index (χ4v) is 3.27. The molecule has 4 unspecified atom stereocenters. The lowest BCUT2D eigenvalue weighted by molar-refractivity contribution is -0.0344. The Morgan fingerprint density at radius 2 is 1.87 bits per heavy atom. The molecular formula is C13H27NO. The molecule has 1 N–H and O–H groups in total. The molecule has 4 atom stereocenters. The number of hydrogen-bond donors (Lipinski definition) is 1. The molecule has 0 spiro atoms. The summed E-state index contributed by atoms with van der Waals surface area (Å²) in [7, 11) is 0. The van der Waals surface area contributed by atoms with Crippen LogP contribution in [0.2, 0.25) is 0 Å². The van der Waals surface area contributed by atoms with Gasteiger partial charge in [0.15, 0.2) is 0 Å². The first-order chi connectivity index (χ1) is 6.97. The highest BCUT2D eigenvalue weighted by Gasteiger charge is 2.36. The third-order valence-corrected chi connectivity index (χ3v) is 3.81. The Labute approximate surface area is 94.7 Å². The highest BCUT2D eigenvalue weighted by atomic mass is 16.3. The van der Waals surface area contributed by atoms with Crippen molar-refractivity contribution in [3.63, 3.8) is 0 Å². The van der Waals surface area contributed by atoms with E-state index in [9.17, 15) is 5.11 Å². The first kappa shape index (κ1) is 13.0. The molecule has 1 aliphatic rings. The molecule has 15 heavy (non-hydrogen) atoms. The summed E-state index contributed by atoms with van der Waals surface area (Å²) in [6, 6.07) is 0.900. The minimum atomic E-state index is -0.133. The van der Waals surface area contributed by atoms with Crippen LogP contribution in [0, 0.1) is 11.8 Å². The average molecular weight is 213 g/mol. The third kappa shape index (κ3) is 2.94. The lowest BCUT2D eigenvalue weighted by Crippen LogP contribution is -2.53. The van der Waals surface area contributed by atoms with Gasteiger partial charge in [-0.2, -0.15) is 0 Å². The van der Waals surface area contributed by atoms with Crippen molar-refractivity contribution in [2.75, 3.05) is 6.54 Å². The van der Waals surface area contributed by atoms with Gasteiger partial charge in [0.1, 0.15) is 0 Å². The number of aliphatic hydroxyl groups excluding tert-OH is 1. The molecule has 0 radical (unpaired) electrons. The van der Waals surface area contributed by atoms with Gasteiger partial charge >= 0.3 is 0 Å². The van der Waals surface area contributed by atoms with Crippen LogP contribution >= 0.6 is 0 Å². The molecule has 1 aliphatic carbocycles. The summed E-state index contributed by atoms with van der Waals surface area (Å²) in [6.07, 6.45) is 2.09. The Bertz CT molecular complexity index is 181. The van der Waals surface area contributed by atoms with E-state index >= 15 is 0 Å². The number of nitrogens with zero attached hydrogens (tertiary/aromatic N) is 1. The maximum atomic E-state index is 10.2. The molecule has 0 aromatic rings. The van der Waals surface area contributed by atoms with Gasteiger partial charge in [-0.05, 0) is 45.1 Å². The van der Waals surface area contributed by atoms with Crippen molar-refractivity contribution in [2.45, 2.75) is 65.6 Å². The lowest BCUT2D eigenvalue weighted by Gasteiger charge is -2.45. The topological polar surface area (TPSA) is 23.5 Å². The molecule has 1 saturated carbocycles. The predicted octanol–water partition coefficient (Wildman–Crippen LogP) is 2.51. The van der Waals surface area contributed by atoms with E-state index in [1.807, 2.05) is 0 Å². The normalized spacial score (nSPS) is 37.6. The molecule has 90 valence electrons. The van der Waals surface area contributed by atoms with Crippen molar-refractivity contribution >= 4 is 0 Å². The van der Waals surface area contributed by atoms with Crippen LogP contribution in [0.25, 0.3) is 0 Å². The van der Waals surface area contributed by atoms with Gasteiger partial charge in [-0.1, -0.05) is 20.8 Å². The van der Waals surface area contributed by atoms with Crippen molar-refractivity contribution in [3.8, 4) is 0 Å². The van der Waals surface area contributed by atoms with Gasteiger partial charge in [0.25, 0.3) is 0 Å². The van der Waals surface area contributed by atoms with E-state index in [0.29, 0.717) is 23.9 Å². The molecule has 0 saturated heterocycles. The summed E-state index contributed by atoms with van der Waals surface area (Å²) >= 11 is 0. The molecule has 0 bridgehead atoms. The van der Waals surface area contributed by atoms with E-state index in [0.717, 1.165) is 13.0 Å². The summed E-state index contributed by atoms with van der Waals surface area (Å²) in [4.78, 5) is 2.45. The fourth-order valence-electron chi connectivity index (χ4n) is 3.27. The first-order valence-corrected chi connectivity index (χ1v) is 6.41. The number of hydrogen-bond acceptors (Lipinski definition) is 2. The van der Waals surface area contributed by atoms with E-state index in [2.05, 4.69) is 39.5 Å². The molecule has 0 aliphatic heterocycles. The first-order valence-electron chi connectivity index (χ1n) is 6.41. The Morgan fingerprint density at radius 1 is 1.27 bits per heavy atom. The van der Waals surface area contributed by atoms with E-state index in [4.69, 9.17) is 0 Å². The van der Waals surface area contributed by atoms with Crippen molar-refractivity contribution in [2.24, 2.45) is 11.8 Å². The monoisotopic (exact) mass is 213 g/mol. The van der Waals surface area contributed by atoms with Crippen molar-refractivity contribution in [1.29, 1.82) is 0 Å². The van der Waals surface area contributed by atoms with Gasteiger partial charge in [0.2, 0.25) is 0 Å². The third-order valence-electron chi connectivity index (χ3n) is 3.81. The molecule has 1 rings (SSSR count).